The molecule has 2 aliphatic carbocycles. The Balaban J connectivity index is 1.36. The molecule has 1 spiro atoms. The van der Waals surface area contributed by atoms with E-state index < -0.39 is 5.92 Å². The van der Waals surface area contributed by atoms with Crippen molar-refractivity contribution in [2.24, 2.45) is 5.41 Å². The number of halogens is 2. The summed E-state index contributed by atoms with van der Waals surface area (Å²) in [6, 6.07) is 8.47. The summed E-state index contributed by atoms with van der Waals surface area (Å²) < 4.78 is 31.9. The number of benzene rings is 1. The summed E-state index contributed by atoms with van der Waals surface area (Å²) in [5.41, 5.74) is 2.40. The van der Waals surface area contributed by atoms with E-state index in [4.69, 9.17) is 5.11 Å². The standard InChI is InChI=1S/C27H34F2N4O3S/c28-27(29)7-5-20(6-8-27)33-13-1-2-22(25(33)36)30-24(35)21-4-3-19(31-37-17-16-34)18-23(21)32-14-11-26(9-10-26)12-15-32/h1-4,13,18,20,31,34H,5-12,14-17H2,(H,30,35). The quantitative estimate of drug-likeness (QED) is 0.317. The monoisotopic (exact) mass is 532 g/mol. The van der Waals surface area contributed by atoms with Gasteiger partial charge in [0.1, 0.15) is 5.69 Å². The number of aliphatic hydroxyl groups excluding tert-OH is 1. The second-order valence-electron chi connectivity index (χ2n) is 10.6. The van der Waals surface area contributed by atoms with Crippen molar-refractivity contribution in [2.45, 2.75) is 63.3 Å². The van der Waals surface area contributed by atoms with Crippen LogP contribution in [0.4, 0.5) is 25.8 Å². The van der Waals surface area contributed by atoms with E-state index in [0.29, 0.717) is 16.7 Å². The van der Waals surface area contributed by atoms with Gasteiger partial charge in [-0.05, 0) is 74.3 Å². The van der Waals surface area contributed by atoms with Crippen molar-refractivity contribution in [3.05, 3.63) is 52.4 Å². The number of hydrogen-bond donors (Lipinski definition) is 3. The van der Waals surface area contributed by atoms with Crippen LogP contribution in [0.2, 0.25) is 0 Å². The molecule has 1 saturated heterocycles. The van der Waals surface area contributed by atoms with Crippen molar-refractivity contribution < 1.29 is 18.7 Å². The van der Waals surface area contributed by atoms with E-state index in [1.54, 1.807) is 24.4 Å². The SMILES string of the molecule is O=C(Nc1cccn(C2CCC(F)(F)CC2)c1=O)c1ccc(NSCCO)cc1N1CCC2(CC1)CC2. The van der Waals surface area contributed by atoms with Crippen molar-refractivity contribution in [1.82, 2.24) is 4.57 Å². The van der Waals surface area contributed by atoms with Gasteiger partial charge in [0.25, 0.3) is 11.5 Å². The Morgan fingerprint density at radius 1 is 1.08 bits per heavy atom. The van der Waals surface area contributed by atoms with Gasteiger partial charge in [-0.25, -0.2) is 8.78 Å². The molecule has 0 unspecified atom stereocenters. The number of piperidine rings is 1. The van der Waals surface area contributed by atoms with Gasteiger partial charge in [0.05, 0.1) is 17.9 Å². The Labute approximate surface area is 219 Å². The second-order valence-corrected chi connectivity index (χ2v) is 11.5. The highest BCUT2D eigenvalue weighted by Crippen LogP contribution is 2.54. The average Bonchev–Trinajstić information content (AvgIpc) is 3.64. The van der Waals surface area contributed by atoms with Crippen LogP contribution >= 0.6 is 11.9 Å². The van der Waals surface area contributed by atoms with Crippen LogP contribution < -0.4 is 20.5 Å². The van der Waals surface area contributed by atoms with Gasteiger partial charge in [-0.3, -0.25) is 9.59 Å². The molecule has 3 fully saturated rings. The highest BCUT2D eigenvalue weighted by atomic mass is 32.2. The lowest BCUT2D eigenvalue weighted by molar-refractivity contribution is -0.0442. The lowest BCUT2D eigenvalue weighted by Crippen LogP contribution is -2.36. The highest BCUT2D eigenvalue weighted by molar-refractivity contribution is 8.00. The van der Waals surface area contributed by atoms with Gasteiger partial charge in [-0.15, -0.1) is 0 Å². The molecule has 2 saturated carbocycles. The van der Waals surface area contributed by atoms with Crippen molar-refractivity contribution >= 4 is 34.9 Å². The fourth-order valence-corrected chi connectivity index (χ4v) is 6.00. The third-order valence-electron chi connectivity index (χ3n) is 8.05. The van der Waals surface area contributed by atoms with Gasteiger partial charge in [0.15, 0.2) is 0 Å². The van der Waals surface area contributed by atoms with Gasteiger partial charge < -0.3 is 24.6 Å². The van der Waals surface area contributed by atoms with E-state index in [2.05, 4.69) is 14.9 Å². The number of alkyl halides is 2. The molecule has 3 aliphatic rings. The highest BCUT2D eigenvalue weighted by Gasteiger charge is 2.44. The molecule has 0 bridgehead atoms. The number of carbonyl (C=O) groups is 1. The predicted molar refractivity (Wildman–Crippen MR) is 144 cm³/mol. The van der Waals surface area contributed by atoms with Gasteiger partial charge in [0, 0.05) is 49.6 Å². The minimum atomic E-state index is -2.67. The van der Waals surface area contributed by atoms with E-state index in [1.165, 1.54) is 29.4 Å². The minimum absolute atomic E-state index is 0.0666. The summed E-state index contributed by atoms with van der Waals surface area (Å²) >= 11 is 1.40. The molecular weight excluding hydrogens is 498 g/mol. The topological polar surface area (TPSA) is 86.6 Å². The zero-order valence-electron chi connectivity index (χ0n) is 20.8. The Hall–Kier alpha value is -2.59. The maximum absolute atomic E-state index is 13.6. The Kier molecular flexibility index (Phi) is 7.49. The molecule has 0 radical (unpaired) electrons. The first kappa shape index (κ1) is 26.0. The van der Waals surface area contributed by atoms with Crippen molar-refractivity contribution in [2.75, 3.05) is 40.4 Å². The fourth-order valence-electron chi connectivity index (χ4n) is 5.51. The molecule has 1 aromatic heterocycles. The van der Waals surface area contributed by atoms with E-state index in [0.717, 1.165) is 37.3 Å². The summed E-state index contributed by atoms with van der Waals surface area (Å²) in [6.45, 7) is 1.81. The van der Waals surface area contributed by atoms with Crippen LogP contribution in [0, 0.1) is 5.41 Å². The molecule has 1 aliphatic heterocycles. The van der Waals surface area contributed by atoms with E-state index in [-0.39, 0.29) is 55.5 Å². The molecule has 3 N–H and O–H groups in total. The number of pyridine rings is 1. The minimum Gasteiger partial charge on any atom is -0.395 e. The molecule has 1 amide bonds. The first-order valence-electron chi connectivity index (χ1n) is 13.1. The maximum atomic E-state index is 13.6. The summed E-state index contributed by atoms with van der Waals surface area (Å²) in [6.07, 6.45) is 6.38. The Morgan fingerprint density at radius 3 is 2.49 bits per heavy atom. The van der Waals surface area contributed by atoms with E-state index in [9.17, 15) is 18.4 Å². The molecule has 1 aromatic carbocycles. The fraction of sp³-hybridized carbons (Fsp3) is 0.556. The number of aromatic nitrogens is 1. The molecule has 0 atom stereocenters. The number of nitrogens with zero attached hydrogens (tertiary/aromatic N) is 2. The van der Waals surface area contributed by atoms with Crippen molar-refractivity contribution in [1.29, 1.82) is 0 Å². The van der Waals surface area contributed by atoms with Gasteiger partial charge in [-0.1, -0.05) is 11.9 Å². The van der Waals surface area contributed by atoms with Crippen LogP contribution in [-0.2, 0) is 0 Å². The Bertz CT molecular complexity index is 1180. The van der Waals surface area contributed by atoms with Crippen LogP contribution in [-0.4, -0.2) is 47.0 Å². The first-order chi connectivity index (χ1) is 17.8. The van der Waals surface area contributed by atoms with E-state index in [1.807, 2.05) is 12.1 Å². The number of nitrogens with one attached hydrogen (secondary N) is 2. The summed E-state index contributed by atoms with van der Waals surface area (Å²) in [4.78, 5) is 28.9. The van der Waals surface area contributed by atoms with Gasteiger partial charge in [-0.2, -0.15) is 0 Å². The molecule has 2 heterocycles. The van der Waals surface area contributed by atoms with Crippen LogP contribution in [0.15, 0.2) is 41.3 Å². The largest absolute Gasteiger partial charge is 0.395 e. The van der Waals surface area contributed by atoms with Crippen molar-refractivity contribution in [3.8, 4) is 0 Å². The van der Waals surface area contributed by atoms with E-state index >= 15 is 0 Å². The van der Waals surface area contributed by atoms with Crippen LogP contribution in [0.25, 0.3) is 0 Å². The smallest absolute Gasteiger partial charge is 0.274 e. The normalized spacial score (nSPS) is 20.6. The third kappa shape index (κ3) is 5.95. The van der Waals surface area contributed by atoms with Crippen LogP contribution in [0.1, 0.15) is 67.8 Å². The van der Waals surface area contributed by atoms with Gasteiger partial charge in [0.2, 0.25) is 5.92 Å². The molecule has 37 heavy (non-hydrogen) atoms. The number of carbonyl (C=O) groups excluding carboxylic acids is 1. The van der Waals surface area contributed by atoms with Crippen LogP contribution in [0.5, 0.6) is 0 Å². The summed E-state index contributed by atoms with van der Waals surface area (Å²) in [7, 11) is 0. The number of amides is 1. The molecule has 10 heteroatoms. The second kappa shape index (κ2) is 10.6. The van der Waals surface area contributed by atoms with Gasteiger partial charge >= 0.3 is 0 Å². The number of aliphatic hydroxyl groups is 1. The zero-order chi connectivity index (χ0) is 26.0. The average molecular weight is 533 g/mol. The number of anilines is 3. The molecule has 7 nitrogen and oxygen atoms in total. The third-order valence-corrected chi connectivity index (χ3v) is 8.82. The summed E-state index contributed by atoms with van der Waals surface area (Å²) in [5, 5.41) is 11.9. The summed E-state index contributed by atoms with van der Waals surface area (Å²) in [5.74, 6) is -2.50. The van der Waals surface area contributed by atoms with Crippen LogP contribution in [0.3, 0.4) is 0 Å². The maximum Gasteiger partial charge on any atom is 0.274 e. The molecule has 200 valence electrons. The van der Waals surface area contributed by atoms with Crippen molar-refractivity contribution in [3.63, 3.8) is 0 Å². The first-order valence-corrected chi connectivity index (χ1v) is 14.1. The molecular formula is C27H34F2N4O3S. The predicted octanol–water partition coefficient (Wildman–Crippen LogP) is 5.28. The number of hydrogen-bond acceptors (Lipinski definition) is 6. The lowest BCUT2D eigenvalue weighted by atomic mass is 9.92. The Morgan fingerprint density at radius 2 is 1.81 bits per heavy atom. The zero-order valence-corrected chi connectivity index (χ0v) is 21.7. The molecule has 2 aromatic rings. The lowest BCUT2D eigenvalue weighted by Gasteiger charge is -2.35. The number of rotatable bonds is 8. The molecule has 5 rings (SSSR count).